The van der Waals surface area contributed by atoms with Crippen molar-refractivity contribution in [3.8, 4) is 0 Å². The fraction of sp³-hybridized carbons (Fsp3) is 0.842. The highest BCUT2D eigenvalue weighted by molar-refractivity contribution is 5.04. The van der Waals surface area contributed by atoms with E-state index in [9.17, 15) is 5.11 Å². The summed E-state index contributed by atoms with van der Waals surface area (Å²) in [6.07, 6.45) is 7.49. The molecule has 2 saturated heterocycles. The first-order chi connectivity index (χ1) is 12.1. The molecule has 1 atom stereocenters. The molecule has 0 radical (unpaired) electrons. The van der Waals surface area contributed by atoms with Crippen LogP contribution >= 0.6 is 0 Å². The molecule has 1 N–H and O–H groups in total. The number of aliphatic hydroxyl groups is 1. The summed E-state index contributed by atoms with van der Waals surface area (Å²) in [5.74, 6) is 0. The molecule has 0 amide bonds. The van der Waals surface area contributed by atoms with Crippen LogP contribution < -0.4 is 0 Å². The van der Waals surface area contributed by atoms with E-state index in [0.29, 0.717) is 18.1 Å². The monoisotopic (exact) mass is 349 g/mol. The van der Waals surface area contributed by atoms with Crippen LogP contribution in [0.1, 0.15) is 38.7 Å². The van der Waals surface area contributed by atoms with Gasteiger partial charge in [-0.25, -0.2) is 0 Å². The first kappa shape index (κ1) is 18.8. The Morgan fingerprint density at radius 3 is 2.56 bits per heavy atom. The highest BCUT2D eigenvalue weighted by Crippen LogP contribution is 2.24. The summed E-state index contributed by atoms with van der Waals surface area (Å²) < 4.78 is 1.87. The van der Waals surface area contributed by atoms with E-state index in [1.165, 1.54) is 31.5 Å². The lowest BCUT2D eigenvalue weighted by atomic mass is 9.97. The third-order valence-electron chi connectivity index (χ3n) is 5.94. The second-order valence-electron chi connectivity index (χ2n) is 8.02. The van der Waals surface area contributed by atoms with Gasteiger partial charge in [0.25, 0.3) is 0 Å². The summed E-state index contributed by atoms with van der Waals surface area (Å²) in [6.45, 7) is 11.6. The number of aromatic nitrogens is 2. The van der Waals surface area contributed by atoms with Crippen molar-refractivity contribution >= 4 is 0 Å². The van der Waals surface area contributed by atoms with E-state index < -0.39 is 0 Å². The summed E-state index contributed by atoms with van der Waals surface area (Å²) in [5, 5.41) is 13.8. The third-order valence-corrected chi connectivity index (χ3v) is 5.94. The molecule has 142 valence electrons. The molecule has 2 aliphatic heterocycles. The fourth-order valence-electron chi connectivity index (χ4n) is 4.51. The van der Waals surface area contributed by atoms with Gasteiger partial charge in [0.15, 0.2) is 0 Å². The summed E-state index contributed by atoms with van der Waals surface area (Å²) >= 11 is 0. The third kappa shape index (κ3) is 4.82. The largest absolute Gasteiger partial charge is 0.396 e. The molecule has 6 heteroatoms. The van der Waals surface area contributed by atoms with Crippen molar-refractivity contribution in [1.82, 2.24) is 24.5 Å². The van der Waals surface area contributed by atoms with Crippen molar-refractivity contribution in [3.05, 3.63) is 18.0 Å². The summed E-state index contributed by atoms with van der Waals surface area (Å²) in [7, 11) is 1.97. The van der Waals surface area contributed by atoms with Crippen molar-refractivity contribution in [2.24, 2.45) is 7.05 Å². The number of aryl methyl sites for hydroxylation is 1. The molecule has 0 unspecified atom stereocenters. The van der Waals surface area contributed by atoms with Gasteiger partial charge in [0.2, 0.25) is 0 Å². The van der Waals surface area contributed by atoms with E-state index in [1.807, 2.05) is 17.9 Å². The van der Waals surface area contributed by atoms with Gasteiger partial charge in [0, 0.05) is 69.7 Å². The Bertz CT molecular complexity index is 524. The highest BCUT2D eigenvalue weighted by Gasteiger charge is 2.33. The Morgan fingerprint density at radius 1 is 1.20 bits per heavy atom. The van der Waals surface area contributed by atoms with Gasteiger partial charge in [-0.15, -0.1) is 0 Å². The standard InChI is InChI=1S/C19H35N5O/c1-16(2)23-7-4-18(5-8-23)24-10-9-22(15-19(24)6-11-25)14-17-12-20-21(3)13-17/h12-13,16,18-19,25H,4-11,14-15H2,1-3H3/t19-/m1/s1. The molecule has 0 saturated carbocycles. The molecule has 3 heterocycles. The maximum absolute atomic E-state index is 9.56. The van der Waals surface area contributed by atoms with Crippen LogP contribution in [0.2, 0.25) is 0 Å². The number of hydrogen-bond acceptors (Lipinski definition) is 5. The predicted octanol–water partition coefficient (Wildman–Crippen LogP) is 1.16. The lowest BCUT2D eigenvalue weighted by Crippen LogP contribution is -2.58. The molecule has 0 aromatic carbocycles. The molecule has 0 bridgehead atoms. The topological polar surface area (TPSA) is 47.8 Å². The number of hydrogen-bond donors (Lipinski definition) is 1. The molecule has 0 spiro atoms. The number of nitrogens with zero attached hydrogens (tertiary/aromatic N) is 5. The minimum absolute atomic E-state index is 0.284. The molecule has 3 rings (SSSR count). The van der Waals surface area contributed by atoms with Crippen molar-refractivity contribution in [3.63, 3.8) is 0 Å². The van der Waals surface area contributed by atoms with Gasteiger partial charge >= 0.3 is 0 Å². The molecule has 1 aromatic rings. The summed E-state index contributed by atoms with van der Waals surface area (Å²) in [6, 6.07) is 1.82. The Labute approximate surface area is 152 Å². The van der Waals surface area contributed by atoms with Crippen LogP contribution in [0.25, 0.3) is 0 Å². The van der Waals surface area contributed by atoms with Crippen LogP contribution in [-0.4, -0.2) is 87.0 Å². The van der Waals surface area contributed by atoms with Crippen LogP contribution in [0.15, 0.2) is 12.4 Å². The van der Waals surface area contributed by atoms with Crippen LogP contribution in [0.5, 0.6) is 0 Å². The average Bonchev–Trinajstić information content (AvgIpc) is 3.00. The lowest BCUT2D eigenvalue weighted by molar-refractivity contribution is -0.0000339. The van der Waals surface area contributed by atoms with Crippen molar-refractivity contribution in [2.45, 2.75) is 57.8 Å². The molecular weight excluding hydrogens is 314 g/mol. The molecule has 1 aromatic heterocycles. The number of aliphatic hydroxyl groups excluding tert-OH is 1. The van der Waals surface area contributed by atoms with Gasteiger partial charge in [0.1, 0.15) is 0 Å². The smallest absolute Gasteiger partial charge is 0.0534 e. The maximum atomic E-state index is 9.56. The van der Waals surface area contributed by atoms with Crippen LogP contribution in [0.4, 0.5) is 0 Å². The predicted molar refractivity (Wildman–Crippen MR) is 100 cm³/mol. The van der Waals surface area contributed by atoms with Gasteiger partial charge in [-0.3, -0.25) is 14.5 Å². The maximum Gasteiger partial charge on any atom is 0.0534 e. The minimum Gasteiger partial charge on any atom is -0.396 e. The zero-order valence-corrected chi connectivity index (χ0v) is 16.1. The van der Waals surface area contributed by atoms with Crippen LogP contribution in [0.3, 0.4) is 0 Å². The fourth-order valence-corrected chi connectivity index (χ4v) is 4.51. The second kappa shape index (κ2) is 8.62. The van der Waals surface area contributed by atoms with E-state index in [1.54, 1.807) is 0 Å². The van der Waals surface area contributed by atoms with Crippen LogP contribution in [0, 0.1) is 0 Å². The zero-order valence-electron chi connectivity index (χ0n) is 16.1. The Balaban J connectivity index is 1.56. The molecular formula is C19H35N5O. The van der Waals surface area contributed by atoms with E-state index >= 15 is 0 Å². The van der Waals surface area contributed by atoms with Gasteiger partial charge in [-0.2, -0.15) is 5.10 Å². The second-order valence-corrected chi connectivity index (χ2v) is 8.02. The zero-order chi connectivity index (χ0) is 17.8. The van der Waals surface area contributed by atoms with Crippen LogP contribution in [-0.2, 0) is 13.6 Å². The molecule has 2 aliphatic rings. The summed E-state index contributed by atoms with van der Waals surface area (Å²) in [5.41, 5.74) is 1.28. The molecule has 25 heavy (non-hydrogen) atoms. The number of likely N-dealkylation sites (tertiary alicyclic amines) is 1. The molecule has 6 nitrogen and oxygen atoms in total. The minimum atomic E-state index is 0.284. The van der Waals surface area contributed by atoms with Gasteiger partial charge < -0.3 is 10.0 Å². The molecule has 2 fully saturated rings. The van der Waals surface area contributed by atoms with Gasteiger partial charge in [-0.1, -0.05) is 0 Å². The van der Waals surface area contributed by atoms with Crippen molar-refractivity contribution < 1.29 is 5.11 Å². The van der Waals surface area contributed by atoms with E-state index in [0.717, 1.165) is 32.6 Å². The number of piperidine rings is 1. The first-order valence-electron chi connectivity index (χ1n) is 9.87. The van der Waals surface area contributed by atoms with Gasteiger partial charge in [0.05, 0.1) is 6.20 Å². The first-order valence-corrected chi connectivity index (χ1v) is 9.87. The average molecular weight is 350 g/mol. The van der Waals surface area contributed by atoms with Crippen molar-refractivity contribution in [2.75, 3.05) is 39.3 Å². The molecule has 0 aliphatic carbocycles. The summed E-state index contributed by atoms with van der Waals surface area (Å²) in [4.78, 5) is 7.82. The van der Waals surface area contributed by atoms with E-state index in [4.69, 9.17) is 0 Å². The quantitative estimate of drug-likeness (QED) is 0.835. The van der Waals surface area contributed by atoms with Gasteiger partial charge in [-0.05, 0) is 46.2 Å². The number of rotatable bonds is 6. The Morgan fingerprint density at radius 2 is 1.96 bits per heavy atom. The van der Waals surface area contributed by atoms with Crippen molar-refractivity contribution in [1.29, 1.82) is 0 Å². The Kier molecular flexibility index (Phi) is 6.49. The lowest BCUT2D eigenvalue weighted by Gasteiger charge is -2.48. The Hall–Kier alpha value is -0.950. The SMILES string of the molecule is CC(C)N1CCC(N2CCN(Cc3cnn(C)c3)C[C@H]2CCO)CC1. The highest BCUT2D eigenvalue weighted by atomic mass is 16.3. The normalized spacial score (nSPS) is 25.1. The number of piperazine rings is 1. The van der Waals surface area contributed by atoms with E-state index in [-0.39, 0.29) is 6.61 Å². The van der Waals surface area contributed by atoms with E-state index in [2.05, 4.69) is 39.8 Å².